The van der Waals surface area contributed by atoms with E-state index in [0.717, 1.165) is 69.8 Å². The Morgan fingerprint density at radius 2 is 1.97 bits per heavy atom. The quantitative estimate of drug-likeness (QED) is 0.456. The molecule has 2 fully saturated rings. The molecule has 8 nitrogen and oxygen atoms in total. The number of benzene rings is 1. The summed E-state index contributed by atoms with van der Waals surface area (Å²) in [7, 11) is 0. The lowest BCUT2D eigenvalue weighted by atomic mass is 9.98. The van der Waals surface area contributed by atoms with Crippen LogP contribution in [0.5, 0.6) is 0 Å². The van der Waals surface area contributed by atoms with E-state index in [2.05, 4.69) is 19.4 Å². The first kappa shape index (κ1) is 25.3. The second-order valence-corrected chi connectivity index (χ2v) is 10.9. The minimum absolute atomic E-state index is 0.0358. The van der Waals surface area contributed by atoms with Crippen LogP contribution < -0.4 is 15.6 Å². The van der Waals surface area contributed by atoms with E-state index in [1.54, 1.807) is 36.9 Å². The fourth-order valence-corrected chi connectivity index (χ4v) is 5.26. The van der Waals surface area contributed by atoms with Crippen LogP contribution in [0.1, 0.15) is 51.1 Å². The van der Waals surface area contributed by atoms with Crippen LogP contribution in [0.25, 0.3) is 0 Å². The molecule has 0 amide bonds. The average Bonchev–Trinajstić information content (AvgIpc) is 2.84. The fraction of sp³-hybridized carbons (Fsp3) is 0.583. The zero-order valence-electron chi connectivity index (χ0n) is 19.8. The van der Waals surface area contributed by atoms with Crippen LogP contribution in [-0.4, -0.2) is 52.0 Å². The predicted octanol–water partition coefficient (Wildman–Crippen LogP) is 4.27. The summed E-state index contributed by atoms with van der Waals surface area (Å²) in [6.07, 6.45) is 5.50. The number of halogens is 1. The molecule has 0 aliphatic carbocycles. The minimum Gasteiger partial charge on any atom is -0.386 e. The third kappa shape index (κ3) is 6.46. The summed E-state index contributed by atoms with van der Waals surface area (Å²) in [5.74, 6) is 0.433. The molecule has 2 aliphatic rings. The largest absolute Gasteiger partial charge is 0.386 e. The number of nitrogens with zero attached hydrogens (tertiary/aromatic N) is 3. The maximum absolute atomic E-state index is 12.9. The van der Waals surface area contributed by atoms with Gasteiger partial charge in [-0.3, -0.25) is 4.79 Å². The highest BCUT2D eigenvalue weighted by atomic mass is 35.5. The van der Waals surface area contributed by atoms with Crippen LogP contribution in [0.4, 0.5) is 11.4 Å². The van der Waals surface area contributed by atoms with Crippen molar-refractivity contribution in [3.05, 3.63) is 51.4 Å². The Hall–Kier alpha value is -1.78. The van der Waals surface area contributed by atoms with Crippen LogP contribution >= 0.6 is 23.7 Å². The van der Waals surface area contributed by atoms with Gasteiger partial charge in [0.05, 0.1) is 30.1 Å². The molecule has 2 aromatic rings. The number of hydrogen-bond donors (Lipinski definition) is 3. The highest BCUT2D eigenvalue weighted by molar-refractivity contribution is 7.98. The molecule has 1 atom stereocenters. The summed E-state index contributed by atoms with van der Waals surface area (Å²) in [6, 6.07) is 7.83. The molecule has 3 heterocycles. The molecule has 0 spiro atoms. The van der Waals surface area contributed by atoms with E-state index in [0.29, 0.717) is 11.6 Å². The molecule has 0 unspecified atom stereocenters. The van der Waals surface area contributed by atoms with Gasteiger partial charge in [-0.2, -0.15) is 5.10 Å². The van der Waals surface area contributed by atoms with Gasteiger partial charge in [-0.05, 0) is 63.1 Å². The topological polar surface area (TPSA) is 91.7 Å². The van der Waals surface area contributed by atoms with Crippen molar-refractivity contribution >= 4 is 35.1 Å². The number of anilines is 2. The molecule has 0 bridgehead atoms. The molecule has 1 aromatic carbocycles. The second-order valence-electron chi connectivity index (χ2n) is 9.58. The molecule has 1 aromatic heterocycles. The molecule has 0 saturated carbocycles. The number of aromatic nitrogens is 2. The Labute approximate surface area is 210 Å². The molecule has 2 aliphatic heterocycles. The molecule has 3 N–H and O–H groups in total. The van der Waals surface area contributed by atoms with Crippen molar-refractivity contribution in [3.63, 3.8) is 0 Å². The van der Waals surface area contributed by atoms with E-state index in [-0.39, 0.29) is 16.6 Å². The van der Waals surface area contributed by atoms with Gasteiger partial charge in [0.15, 0.2) is 0 Å². The normalized spacial score (nSPS) is 20.3. The molecular weight excluding hydrogens is 474 g/mol. The molecule has 186 valence electrons. The lowest BCUT2D eigenvalue weighted by Gasteiger charge is -2.31. The molecule has 10 heteroatoms. The minimum atomic E-state index is -0.846. The van der Waals surface area contributed by atoms with E-state index >= 15 is 0 Å². The van der Waals surface area contributed by atoms with Gasteiger partial charge in [0, 0.05) is 44.1 Å². The number of aliphatic hydroxyl groups is 1. The van der Waals surface area contributed by atoms with Gasteiger partial charge in [0.25, 0.3) is 5.56 Å². The van der Waals surface area contributed by atoms with Crippen molar-refractivity contribution in [2.24, 2.45) is 5.92 Å². The van der Waals surface area contributed by atoms with Gasteiger partial charge in [0.2, 0.25) is 0 Å². The molecule has 2 saturated heterocycles. The number of ether oxygens (including phenoxy) is 1. The van der Waals surface area contributed by atoms with Gasteiger partial charge in [-0.1, -0.05) is 23.7 Å². The third-order valence-electron chi connectivity index (χ3n) is 6.43. The Morgan fingerprint density at radius 3 is 2.62 bits per heavy atom. The van der Waals surface area contributed by atoms with Crippen molar-refractivity contribution in [1.29, 1.82) is 0 Å². The lowest BCUT2D eigenvalue weighted by molar-refractivity contribution is 0.0595. The smallest absolute Gasteiger partial charge is 0.287 e. The van der Waals surface area contributed by atoms with Crippen molar-refractivity contribution in [1.82, 2.24) is 14.1 Å². The first-order chi connectivity index (χ1) is 16.3. The Morgan fingerprint density at radius 1 is 1.24 bits per heavy atom. The summed E-state index contributed by atoms with van der Waals surface area (Å²) in [5, 5.41) is 18.0. The number of piperidine rings is 1. The predicted molar refractivity (Wildman–Crippen MR) is 138 cm³/mol. The monoisotopic (exact) mass is 507 g/mol. The van der Waals surface area contributed by atoms with Crippen LogP contribution in [0.15, 0.2) is 35.3 Å². The van der Waals surface area contributed by atoms with E-state index in [9.17, 15) is 9.90 Å². The first-order valence-corrected chi connectivity index (χ1v) is 13.1. The lowest BCUT2D eigenvalue weighted by Crippen LogP contribution is -2.36. The van der Waals surface area contributed by atoms with Crippen molar-refractivity contribution in [3.8, 4) is 0 Å². The van der Waals surface area contributed by atoms with Gasteiger partial charge in [0.1, 0.15) is 5.02 Å². The van der Waals surface area contributed by atoms with Gasteiger partial charge in [-0.25, -0.2) is 8.99 Å². The van der Waals surface area contributed by atoms with E-state index in [4.69, 9.17) is 16.3 Å². The summed E-state index contributed by atoms with van der Waals surface area (Å²) in [5.41, 5.74) is 1.38. The van der Waals surface area contributed by atoms with Crippen LogP contribution in [0.2, 0.25) is 5.02 Å². The maximum Gasteiger partial charge on any atom is 0.287 e. The Bertz CT molecular complexity index is 997. The summed E-state index contributed by atoms with van der Waals surface area (Å²) < 4.78 is 12.7. The van der Waals surface area contributed by atoms with Gasteiger partial charge >= 0.3 is 0 Å². The number of rotatable bonds is 8. The Balaban J connectivity index is 1.27. The van der Waals surface area contributed by atoms with E-state index in [1.165, 1.54) is 0 Å². The summed E-state index contributed by atoms with van der Waals surface area (Å²) in [6.45, 7) is 7.52. The zero-order chi connectivity index (χ0) is 24.1. The summed E-state index contributed by atoms with van der Waals surface area (Å²) >= 11 is 7.97. The molecule has 34 heavy (non-hydrogen) atoms. The van der Waals surface area contributed by atoms with Gasteiger partial charge in [-0.15, -0.1) is 0 Å². The third-order valence-corrected chi connectivity index (χ3v) is 7.75. The zero-order valence-corrected chi connectivity index (χ0v) is 21.4. The van der Waals surface area contributed by atoms with Crippen molar-refractivity contribution in [2.45, 2.75) is 51.2 Å². The highest BCUT2D eigenvalue weighted by Gasteiger charge is 2.24. The highest BCUT2D eigenvalue weighted by Crippen LogP contribution is 2.28. The fourth-order valence-electron chi connectivity index (χ4n) is 4.29. The van der Waals surface area contributed by atoms with E-state index < -0.39 is 5.60 Å². The number of hydrogen-bond acceptors (Lipinski definition) is 8. The standard InChI is InChI=1S/C24H34ClN5O3S/c1-24(2,32)18-5-7-19(8-6-18)28-34-29-11-9-20(10-12-29)30-23(31)22(25)21(15-27-30)26-14-17-4-3-13-33-16-17/h5-8,15,17,20,26,28,32H,3-4,9-14,16H2,1-2H3/t17-/m0/s1. The number of nitrogens with one attached hydrogen (secondary N) is 2. The summed E-state index contributed by atoms with van der Waals surface area (Å²) in [4.78, 5) is 12.9. The second kappa shape index (κ2) is 11.3. The SMILES string of the molecule is CC(C)(O)c1ccc(NSN2CCC(n3ncc(NC[C@@H]4CCCOC4)c(Cl)c3=O)CC2)cc1. The first-order valence-electron chi connectivity index (χ1n) is 11.9. The van der Waals surface area contributed by atoms with E-state index in [1.807, 2.05) is 24.3 Å². The van der Waals surface area contributed by atoms with Crippen molar-refractivity contribution < 1.29 is 9.84 Å². The maximum atomic E-state index is 12.9. The molecular formula is C24H34ClN5O3S. The average molecular weight is 508 g/mol. The molecule has 0 radical (unpaired) electrons. The Kier molecular flexibility index (Phi) is 8.42. The van der Waals surface area contributed by atoms with Crippen LogP contribution in [-0.2, 0) is 10.3 Å². The van der Waals surface area contributed by atoms with Crippen molar-refractivity contribution in [2.75, 3.05) is 42.9 Å². The van der Waals surface area contributed by atoms with Crippen LogP contribution in [0.3, 0.4) is 0 Å². The van der Waals surface area contributed by atoms with Gasteiger partial charge < -0.3 is 19.9 Å². The van der Waals surface area contributed by atoms with Crippen LogP contribution in [0, 0.1) is 5.92 Å². The molecule has 4 rings (SSSR count).